The van der Waals surface area contributed by atoms with Gasteiger partial charge in [0.15, 0.2) is 5.78 Å². The largest absolute Gasteiger partial charge is 0.370 e. The second-order valence-electron chi connectivity index (χ2n) is 4.92. The fraction of sp³-hybridized carbons (Fsp3) is 0.714. The van der Waals surface area contributed by atoms with Gasteiger partial charge >= 0.3 is 0 Å². The number of carbonyl (C=O) groups is 1. The lowest BCUT2D eigenvalue weighted by Gasteiger charge is -2.19. The molecule has 1 rings (SSSR count). The number of halogens is 1. The van der Waals surface area contributed by atoms with Gasteiger partial charge in [-0.3, -0.25) is 9.48 Å². The Bertz CT molecular complexity index is 441. The number of aromatic nitrogens is 2. The molecule has 1 aromatic heterocycles. The van der Waals surface area contributed by atoms with Crippen LogP contribution in [0.15, 0.2) is 4.47 Å². The van der Waals surface area contributed by atoms with Crippen LogP contribution in [-0.4, -0.2) is 28.3 Å². The number of hydrogen-bond donors (Lipinski definition) is 0. The van der Waals surface area contributed by atoms with Gasteiger partial charge in [0.25, 0.3) is 0 Å². The van der Waals surface area contributed by atoms with E-state index in [4.69, 9.17) is 4.74 Å². The minimum absolute atomic E-state index is 0.118. The molecular formula is C14H23BrN2O2. The van der Waals surface area contributed by atoms with E-state index in [9.17, 15) is 4.79 Å². The van der Waals surface area contributed by atoms with Gasteiger partial charge in [-0.05, 0) is 42.6 Å². The normalized spacial score (nSPS) is 13.0. The summed E-state index contributed by atoms with van der Waals surface area (Å²) in [5.74, 6) is 0.303. The van der Waals surface area contributed by atoms with Crippen LogP contribution in [0.1, 0.15) is 39.1 Å². The average molecular weight is 331 g/mol. The summed E-state index contributed by atoms with van der Waals surface area (Å²) in [6.07, 6.45) is 0.0235. The Morgan fingerprint density at radius 1 is 1.42 bits per heavy atom. The predicted molar refractivity (Wildman–Crippen MR) is 79.3 cm³/mol. The van der Waals surface area contributed by atoms with Gasteiger partial charge in [0, 0.05) is 13.2 Å². The van der Waals surface area contributed by atoms with E-state index in [-0.39, 0.29) is 17.8 Å². The monoisotopic (exact) mass is 330 g/mol. The van der Waals surface area contributed by atoms with E-state index in [2.05, 4.69) is 21.0 Å². The zero-order valence-electron chi connectivity index (χ0n) is 12.4. The van der Waals surface area contributed by atoms with E-state index in [0.717, 1.165) is 22.4 Å². The number of Topliss-reactive ketones (excluding diaryl/α,β-unsaturated/α-hetero) is 1. The van der Waals surface area contributed by atoms with Gasteiger partial charge in [0.05, 0.1) is 22.3 Å². The Morgan fingerprint density at radius 2 is 2.05 bits per heavy atom. The maximum Gasteiger partial charge on any atom is 0.167 e. The Morgan fingerprint density at radius 3 is 2.53 bits per heavy atom. The van der Waals surface area contributed by atoms with E-state index in [0.29, 0.717) is 13.0 Å². The molecule has 0 radical (unpaired) electrons. The molecule has 0 bridgehead atoms. The third kappa shape index (κ3) is 3.89. The van der Waals surface area contributed by atoms with E-state index < -0.39 is 0 Å². The third-order valence-electron chi connectivity index (χ3n) is 3.06. The lowest BCUT2D eigenvalue weighted by molar-refractivity contribution is -0.132. The van der Waals surface area contributed by atoms with Crippen molar-refractivity contribution in [1.29, 1.82) is 0 Å². The Balaban J connectivity index is 2.92. The fourth-order valence-electron chi connectivity index (χ4n) is 2.14. The summed E-state index contributed by atoms with van der Waals surface area (Å²) in [5.41, 5.74) is 1.86. The van der Waals surface area contributed by atoms with Crippen molar-refractivity contribution in [3.63, 3.8) is 0 Å². The topological polar surface area (TPSA) is 44.1 Å². The second-order valence-corrected chi connectivity index (χ2v) is 5.72. The summed E-state index contributed by atoms with van der Waals surface area (Å²) in [7, 11) is 0. The smallest absolute Gasteiger partial charge is 0.167 e. The summed E-state index contributed by atoms with van der Waals surface area (Å²) in [6, 6.07) is 0. The maximum atomic E-state index is 12.4. The third-order valence-corrected chi connectivity index (χ3v) is 4.10. The van der Waals surface area contributed by atoms with E-state index in [1.54, 1.807) is 0 Å². The highest BCUT2D eigenvalue weighted by Gasteiger charge is 2.25. The zero-order valence-corrected chi connectivity index (χ0v) is 14.0. The first-order valence-corrected chi connectivity index (χ1v) is 7.57. The Hall–Kier alpha value is -0.680. The van der Waals surface area contributed by atoms with Crippen LogP contribution in [0.2, 0.25) is 0 Å². The summed E-state index contributed by atoms with van der Waals surface area (Å²) in [4.78, 5) is 12.4. The number of nitrogens with zero attached hydrogens (tertiary/aromatic N) is 2. The molecule has 5 heteroatoms. The highest BCUT2D eigenvalue weighted by molar-refractivity contribution is 9.10. The first-order valence-electron chi connectivity index (χ1n) is 6.78. The van der Waals surface area contributed by atoms with Crippen LogP contribution in [0.5, 0.6) is 0 Å². The molecule has 1 aromatic rings. The van der Waals surface area contributed by atoms with Crippen molar-refractivity contribution in [3.8, 4) is 0 Å². The lowest BCUT2D eigenvalue weighted by Crippen LogP contribution is -2.31. The number of aryl methyl sites for hydroxylation is 2. The molecule has 1 atom stereocenters. The Kier molecular flexibility index (Phi) is 6.20. The van der Waals surface area contributed by atoms with Crippen molar-refractivity contribution in [3.05, 3.63) is 15.9 Å². The molecule has 0 spiro atoms. The van der Waals surface area contributed by atoms with Gasteiger partial charge in [-0.1, -0.05) is 13.8 Å². The number of ketones is 1. The highest BCUT2D eigenvalue weighted by atomic mass is 79.9. The van der Waals surface area contributed by atoms with Crippen LogP contribution in [0.25, 0.3) is 0 Å². The predicted octanol–water partition coefficient (Wildman–Crippen LogP) is 3.15. The molecule has 0 saturated carbocycles. The van der Waals surface area contributed by atoms with Gasteiger partial charge in [-0.25, -0.2) is 0 Å². The van der Waals surface area contributed by atoms with E-state index in [1.807, 2.05) is 39.3 Å². The van der Waals surface area contributed by atoms with Gasteiger partial charge in [0.1, 0.15) is 6.10 Å². The molecule has 0 N–H and O–H groups in total. The minimum Gasteiger partial charge on any atom is -0.370 e. The lowest BCUT2D eigenvalue weighted by atomic mass is 9.99. The second kappa shape index (κ2) is 7.20. The first kappa shape index (κ1) is 16.4. The van der Waals surface area contributed by atoms with Gasteiger partial charge in [-0.15, -0.1) is 0 Å². The molecule has 0 saturated heterocycles. The molecule has 0 aliphatic heterocycles. The van der Waals surface area contributed by atoms with Crippen LogP contribution in [0.4, 0.5) is 0 Å². The van der Waals surface area contributed by atoms with Crippen LogP contribution in [-0.2, 0) is 22.5 Å². The van der Waals surface area contributed by atoms with Crippen molar-refractivity contribution >= 4 is 21.7 Å². The Labute approximate surface area is 123 Å². The number of hydrogen-bond acceptors (Lipinski definition) is 3. The molecule has 1 heterocycles. The molecule has 0 amide bonds. The summed E-state index contributed by atoms with van der Waals surface area (Å²) >= 11 is 3.52. The molecule has 0 aromatic carbocycles. The van der Waals surface area contributed by atoms with Crippen LogP contribution >= 0.6 is 15.9 Å². The van der Waals surface area contributed by atoms with Crippen molar-refractivity contribution in [2.75, 3.05) is 6.61 Å². The molecule has 0 aliphatic carbocycles. The zero-order chi connectivity index (χ0) is 14.6. The van der Waals surface area contributed by atoms with Crippen LogP contribution in [0.3, 0.4) is 0 Å². The van der Waals surface area contributed by atoms with E-state index >= 15 is 0 Å². The van der Waals surface area contributed by atoms with E-state index in [1.165, 1.54) is 0 Å². The average Bonchev–Trinajstić information content (AvgIpc) is 2.63. The minimum atomic E-state index is -0.336. The molecular weight excluding hydrogens is 308 g/mol. The molecule has 1 unspecified atom stereocenters. The summed E-state index contributed by atoms with van der Waals surface area (Å²) in [5, 5.41) is 4.41. The summed E-state index contributed by atoms with van der Waals surface area (Å²) in [6.45, 7) is 11.2. The van der Waals surface area contributed by atoms with Gasteiger partial charge < -0.3 is 4.74 Å². The molecule has 4 nitrogen and oxygen atoms in total. The van der Waals surface area contributed by atoms with Crippen molar-refractivity contribution in [2.24, 2.45) is 5.92 Å². The van der Waals surface area contributed by atoms with Crippen molar-refractivity contribution in [1.82, 2.24) is 9.78 Å². The van der Waals surface area contributed by atoms with Crippen molar-refractivity contribution < 1.29 is 9.53 Å². The quantitative estimate of drug-likeness (QED) is 0.771. The molecule has 108 valence electrons. The van der Waals surface area contributed by atoms with Crippen LogP contribution < -0.4 is 0 Å². The standard InChI is InChI=1S/C14H23BrN2O2/c1-6-17-11(13(15)10(5)16-17)8-12(18)14(9(3)4)19-7-2/h9,14H,6-8H2,1-5H3. The molecule has 0 fully saturated rings. The fourth-order valence-corrected chi connectivity index (χ4v) is 2.56. The number of carbonyl (C=O) groups excluding carboxylic acids is 1. The SMILES string of the molecule is CCOC(C(=O)Cc1c(Br)c(C)nn1CC)C(C)C. The van der Waals surface area contributed by atoms with Crippen molar-refractivity contribution in [2.45, 2.75) is 53.7 Å². The number of rotatable bonds is 7. The highest BCUT2D eigenvalue weighted by Crippen LogP contribution is 2.23. The number of ether oxygens (including phenoxy) is 1. The summed E-state index contributed by atoms with van der Waals surface area (Å²) < 4.78 is 8.37. The van der Waals surface area contributed by atoms with Gasteiger partial charge in [-0.2, -0.15) is 5.10 Å². The van der Waals surface area contributed by atoms with Crippen LogP contribution in [0, 0.1) is 12.8 Å². The molecule has 0 aliphatic rings. The van der Waals surface area contributed by atoms with Gasteiger partial charge in [0.2, 0.25) is 0 Å². The molecule has 19 heavy (non-hydrogen) atoms. The maximum absolute atomic E-state index is 12.4. The first-order chi connectivity index (χ1) is 8.92.